The number of hydrogen-bond donors (Lipinski definition) is 1. The van der Waals surface area contributed by atoms with Crippen LogP contribution in [0, 0.1) is 11.8 Å². The van der Waals surface area contributed by atoms with Gasteiger partial charge in [0, 0.05) is 25.2 Å². The second kappa shape index (κ2) is 6.14. The van der Waals surface area contributed by atoms with Gasteiger partial charge in [0.15, 0.2) is 0 Å². The van der Waals surface area contributed by atoms with Crippen molar-refractivity contribution in [2.24, 2.45) is 11.8 Å². The first-order valence-corrected chi connectivity index (χ1v) is 9.41. The van der Waals surface area contributed by atoms with E-state index in [1.807, 2.05) is 7.05 Å². The summed E-state index contributed by atoms with van der Waals surface area (Å²) >= 11 is 0. The molecule has 3 saturated heterocycles. The van der Waals surface area contributed by atoms with Crippen molar-refractivity contribution in [3.63, 3.8) is 0 Å². The molecule has 4 fully saturated rings. The molecule has 24 heavy (non-hydrogen) atoms. The van der Waals surface area contributed by atoms with Crippen molar-refractivity contribution in [2.45, 2.75) is 69.5 Å². The first-order valence-electron chi connectivity index (χ1n) is 9.41. The Hall–Kier alpha value is -1.43. The van der Waals surface area contributed by atoms with Crippen LogP contribution in [-0.4, -0.2) is 59.2 Å². The zero-order chi connectivity index (χ0) is 16.8. The molecule has 0 radical (unpaired) electrons. The summed E-state index contributed by atoms with van der Waals surface area (Å²) in [5.41, 5.74) is 0. The zero-order valence-corrected chi connectivity index (χ0v) is 14.4. The highest BCUT2D eigenvalue weighted by atomic mass is 16.2. The number of piperidine rings is 1. The van der Waals surface area contributed by atoms with Crippen LogP contribution in [0.4, 0.5) is 0 Å². The maximum absolute atomic E-state index is 12.7. The molecule has 6 nitrogen and oxygen atoms in total. The summed E-state index contributed by atoms with van der Waals surface area (Å²) in [5.74, 6) is -0.659. The lowest BCUT2D eigenvalue weighted by molar-refractivity contribution is -0.147. The number of rotatable bonds is 3. The van der Waals surface area contributed by atoms with Gasteiger partial charge in [0.25, 0.3) is 0 Å². The number of carbonyl (C=O) groups excluding carboxylic acids is 3. The first kappa shape index (κ1) is 16.1. The van der Waals surface area contributed by atoms with E-state index >= 15 is 0 Å². The Kier molecular flexibility index (Phi) is 4.11. The van der Waals surface area contributed by atoms with E-state index in [-0.39, 0.29) is 42.1 Å². The quantitative estimate of drug-likeness (QED) is 0.779. The van der Waals surface area contributed by atoms with Gasteiger partial charge in [0.05, 0.1) is 11.8 Å². The van der Waals surface area contributed by atoms with Crippen LogP contribution in [-0.2, 0) is 14.4 Å². The Morgan fingerprint density at radius 2 is 1.58 bits per heavy atom. The highest BCUT2D eigenvalue weighted by molar-refractivity contribution is 6.07. The summed E-state index contributed by atoms with van der Waals surface area (Å²) in [6.07, 6.45) is 7.96. The van der Waals surface area contributed by atoms with Crippen LogP contribution in [0.5, 0.6) is 0 Å². The van der Waals surface area contributed by atoms with Gasteiger partial charge in [-0.15, -0.1) is 0 Å². The third-order valence-corrected chi connectivity index (χ3v) is 6.62. The van der Waals surface area contributed by atoms with E-state index in [0.29, 0.717) is 12.1 Å². The molecule has 1 aliphatic carbocycles. The fourth-order valence-corrected chi connectivity index (χ4v) is 5.18. The van der Waals surface area contributed by atoms with Gasteiger partial charge in [-0.3, -0.25) is 19.3 Å². The average molecular weight is 333 g/mol. The maximum Gasteiger partial charge on any atom is 0.242 e. The number of nitrogens with one attached hydrogen (secondary N) is 1. The SMILES string of the molecule is CN(C(=O)CN1C(=O)C2CCCCC2C1=O)C1CC2CCC(C1)N2. The van der Waals surface area contributed by atoms with Crippen LogP contribution in [0.15, 0.2) is 0 Å². The highest BCUT2D eigenvalue weighted by Gasteiger charge is 2.49. The molecular weight excluding hydrogens is 306 g/mol. The predicted molar refractivity (Wildman–Crippen MR) is 87.9 cm³/mol. The Morgan fingerprint density at radius 1 is 1.04 bits per heavy atom. The third kappa shape index (κ3) is 2.65. The van der Waals surface area contributed by atoms with Crippen LogP contribution >= 0.6 is 0 Å². The molecule has 3 aliphatic heterocycles. The molecule has 1 N–H and O–H groups in total. The number of nitrogens with zero attached hydrogens (tertiary/aromatic N) is 2. The molecule has 132 valence electrons. The number of carbonyl (C=O) groups is 3. The predicted octanol–water partition coefficient (Wildman–Crippen LogP) is 0.903. The summed E-state index contributed by atoms with van der Waals surface area (Å²) < 4.78 is 0. The standard InChI is InChI=1S/C18H27N3O3/c1-20(13-8-11-6-7-12(9-13)19-11)16(22)10-21-17(23)14-4-2-3-5-15(14)18(21)24/h11-15,19H,2-10H2,1H3. The van der Waals surface area contributed by atoms with Gasteiger partial charge in [0.2, 0.25) is 17.7 Å². The Bertz CT molecular complexity index is 528. The van der Waals surface area contributed by atoms with E-state index in [4.69, 9.17) is 0 Å². The fourth-order valence-electron chi connectivity index (χ4n) is 5.18. The van der Waals surface area contributed by atoms with E-state index in [1.54, 1.807) is 4.90 Å². The summed E-state index contributed by atoms with van der Waals surface area (Å²) in [6, 6.07) is 1.26. The van der Waals surface area contributed by atoms with Crippen molar-refractivity contribution in [1.82, 2.24) is 15.1 Å². The topological polar surface area (TPSA) is 69.7 Å². The van der Waals surface area contributed by atoms with Crippen LogP contribution in [0.2, 0.25) is 0 Å². The van der Waals surface area contributed by atoms with Gasteiger partial charge >= 0.3 is 0 Å². The Labute approximate surface area is 142 Å². The van der Waals surface area contributed by atoms with Crippen molar-refractivity contribution >= 4 is 17.7 Å². The molecule has 3 heterocycles. The van der Waals surface area contributed by atoms with Crippen LogP contribution in [0.25, 0.3) is 0 Å². The number of likely N-dealkylation sites (N-methyl/N-ethyl adjacent to an activating group) is 1. The van der Waals surface area contributed by atoms with Gasteiger partial charge in [-0.2, -0.15) is 0 Å². The molecule has 2 bridgehead atoms. The van der Waals surface area contributed by atoms with Crippen molar-refractivity contribution < 1.29 is 14.4 Å². The lowest BCUT2D eigenvalue weighted by Gasteiger charge is -2.36. The molecule has 0 aromatic rings. The molecule has 4 rings (SSSR count). The summed E-state index contributed by atoms with van der Waals surface area (Å²) in [6.45, 7) is -0.0690. The van der Waals surface area contributed by atoms with E-state index in [9.17, 15) is 14.4 Å². The summed E-state index contributed by atoms with van der Waals surface area (Å²) in [5, 5.41) is 3.58. The first-order chi connectivity index (χ1) is 11.5. The lowest BCUT2D eigenvalue weighted by atomic mass is 9.81. The smallest absolute Gasteiger partial charge is 0.242 e. The number of likely N-dealkylation sites (tertiary alicyclic amines) is 1. The van der Waals surface area contributed by atoms with Crippen molar-refractivity contribution in [1.29, 1.82) is 0 Å². The molecule has 0 aromatic heterocycles. The number of amides is 3. The molecule has 0 aromatic carbocycles. The van der Waals surface area contributed by atoms with Crippen molar-refractivity contribution in [2.75, 3.05) is 13.6 Å². The Morgan fingerprint density at radius 3 is 2.12 bits per heavy atom. The molecule has 4 unspecified atom stereocenters. The van der Waals surface area contributed by atoms with Gasteiger partial charge in [-0.1, -0.05) is 12.8 Å². The van der Waals surface area contributed by atoms with Crippen molar-refractivity contribution in [3.8, 4) is 0 Å². The molecule has 0 spiro atoms. The largest absolute Gasteiger partial charge is 0.341 e. The van der Waals surface area contributed by atoms with Crippen LogP contribution < -0.4 is 5.32 Å². The number of hydrogen-bond acceptors (Lipinski definition) is 4. The van der Waals surface area contributed by atoms with Gasteiger partial charge in [-0.25, -0.2) is 0 Å². The highest BCUT2D eigenvalue weighted by Crippen LogP contribution is 2.38. The molecule has 4 atom stereocenters. The second-order valence-corrected chi connectivity index (χ2v) is 8.03. The number of imide groups is 1. The minimum Gasteiger partial charge on any atom is -0.341 e. The summed E-state index contributed by atoms with van der Waals surface area (Å²) in [4.78, 5) is 40.8. The third-order valence-electron chi connectivity index (χ3n) is 6.62. The van der Waals surface area contributed by atoms with Crippen LogP contribution in [0.1, 0.15) is 51.4 Å². The minimum atomic E-state index is -0.168. The van der Waals surface area contributed by atoms with Gasteiger partial charge in [0.1, 0.15) is 6.54 Å². The second-order valence-electron chi connectivity index (χ2n) is 8.03. The maximum atomic E-state index is 12.7. The summed E-state index contributed by atoms with van der Waals surface area (Å²) in [7, 11) is 1.83. The zero-order valence-electron chi connectivity index (χ0n) is 14.4. The minimum absolute atomic E-state index is 0.0690. The molecule has 4 aliphatic rings. The molecule has 3 amide bonds. The van der Waals surface area contributed by atoms with E-state index in [2.05, 4.69) is 5.32 Å². The van der Waals surface area contributed by atoms with Gasteiger partial charge < -0.3 is 10.2 Å². The van der Waals surface area contributed by atoms with Crippen molar-refractivity contribution in [3.05, 3.63) is 0 Å². The fraction of sp³-hybridized carbons (Fsp3) is 0.833. The monoisotopic (exact) mass is 333 g/mol. The Balaban J connectivity index is 1.40. The van der Waals surface area contributed by atoms with Crippen LogP contribution in [0.3, 0.4) is 0 Å². The van der Waals surface area contributed by atoms with E-state index in [0.717, 1.165) is 38.5 Å². The molecule has 6 heteroatoms. The lowest BCUT2D eigenvalue weighted by Crippen LogP contribution is -2.51. The normalized spacial score (nSPS) is 38.4. The van der Waals surface area contributed by atoms with Gasteiger partial charge in [-0.05, 0) is 38.5 Å². The van der Waals surface area contributed by atoms with E-state index in [1.165, 1.54) is 17.7 Å². The number of fused-ring (bicyclic) bond motifs is 3. The van der Waals surface area contributed by atoms with E-state index < -0.39 is 0 Å². The average Bonchev–Trinajstić information content (AvgIpc) is 3.06. The molecule has 1 saturated carbocycles. The molecular formula is C18H27N3O3.